The van der Waals surface area contributed by atoms with Crippen LogP contribution < -0.4 is 4.74 Å². The summed E-state index contributed by atoms with van der Waals surface area (Å²) in [5, 5.41) is 9.94. The van der Waals surface area contributed by atoms with Gasteiger partial charge in [0.15, 0.2) is 11.5 Å². The Labute approximate surface area is 111 Å². The van der Waals surface area contributed by atoms with E-state index in [2.05, 4.69) is 0 Å². The molecule has 0 aliphatic carbocycles. The lowest BCUT2D eigenvalue weighted by atomic mass is 10.1. The molecule has 1 fully saturated rings. The third-order valence-electron chi connectivity index (χ3n) is 3.24. The fourth-order valence-electron chi connectivity index (χ4n) is 2.17. The van der Waals surface area contributed by atoms with Crippen molar-refractivity contribution < 1.29 is 14.6 Å². The van der Waals surface area contributed by atoms with Crippen LogP contribution in [0.1, 0.15) is 16.8 Å². The molecule has 5 heteroatoms. The first-order valence-corrected chi connectivity index (χ1v) is 6.42. The smallest absolute Gasteiger partial charge is 0.257 e. The van der Waals surface area contributed by atoms with E-state index < -0.39 is 0 Å². The molecule has 0 radical (unpaired) electrons. The highest BCUT2D eigenvalue weighted by Crippen LogP contribution is 2.31. The molecule has 1 aromatic carbocycles. The molecule has 4 nitrogen and oxygen atoms in total. The molecule has 1 N–H and O–H groups in total. The fourth-order valence-corrected chi connectivity index (χ4v) is 2.42. The summed E-state index contributed by atoms with van der Waals surface area (Å²) < 4.78 is 5.00. The standard InChI is InChI=1S/C13H16ClNO3/c1-18-11-4-2-3-10(12(11)16)13(17)15-6-5-9(7-14)8-15/h2-4,9,16H,5-8H2,1H3. The molecule has 18 heavy (non-hydrogen) atoms. The van der Waals surface area contributed by atoms with E-state index in [0.29, 0.717) is 30.6 Å². The number of alkyl halides is 1. The van der Waals surface area contributed by atoms with Crippen LogP contribution >= 0.6 is 11.6 Å². The Balaban J connectivity index is 2.19. The first-order valence-electron chi connectivity index (χ1n) is 5.88. The van der Waals surface area contributed by atoms with E-state index in [0.717, 1.165) is 6.42 Å². The number of methoxy groups -OCH3 is 1. The van der Waals surface area contributed by atoms with Gasteiger partial charge in [0, 0.05) is 19.0 Å². The van der Waals surface area contributed by atoms with Gasteiger partial charge in [-0.25, -0.2) is 0 Å². The predicted octanol–water partition coefficient (Wildman–Crippen LogP) is 2.10. The largest absolute Gasteiger partial charge is 0.504 e. The van der Waals surface area contributed by atoms with Gasteiger partial charge in [-0.3, -0.25) is 4.79 Å². The highest BCUT2D eigenvalue weighted by molar-refractivity contribution is 6.18. The van der Waals surface area contributed by atoms with E-state index in [1.807, 2.05) is 0 Å². The van der Waals surface area contributed by atoms with E-state index in [9.17, 15) is 9.90 Å². The van der Waals surface area contributed by atoms with Crippen LogP contribution in [0.4, 0.5) is 0 Å². The number of phenols is 1. The number of nitrogens with zero attached hydrogens (tertiary/aromatic N) is 1. The summed E-state index contributed by atoms with van der Waals surface area (Å²) in [5.41, 5.74) is 0.282. The minimum Gasteiger partial charge on any atom is -0.504 e. The molecule has 1 amide bonds. The minimum atomic E-state index is -0.168. The summed E-state index contributed by atoms with van der Waals surface area (Å²) in [7, 11) is 1.46. The Bertz CT molecular complexity index is 450. The Kier molecular flexibility index (Phi) is 3.97. The predicted molar refractivity (Wildman–Crippen MR) is 69.4 cm³/mol. The zero-order valence-electron chi connectivity index (χ0n) is 10.2. The summed E-state index contributed by atoms with van der Waals surface area (Å²) in [5.74, 6) is 0.962. The second-order valence-electron chi connectivity index (χ2n) is 4.42. The number of carbonyl (C=O) groups is 1. The summed E-state index contributed by atoms with van der Waals surface area (Å²) in [6.45, 7) is 1.34. The van der Waals surface area contributed by atoms with E-state index in [4.69, 9.17) is 16.3 Å². The van der Waals surface area contributed by atoms with Crippen molar-refractivity contribution in [2.45, 2.75) is 6.42 Å². The highest BCUT2D eigenvalue weighted by Gasteiger charge is 2.28. The van der Waals surface area contributed by atoms with Gasteiger partial charge in [-0.15, -0.1) is 11.6 Å². The molecule has 98 valence electrons. The molecule has 0 bridgehead atoms. The molecule has 1 saturated heterocycles. The van der Waals surface area contributed by atoms with Gasteiger partial charge >= 0.3 is 0 Å². The Morgan fingerprint density at radius 3 is 3.00 bits per heavy atom. The number of halogens is 1. The van der Waals surface area contributed by atoms with Crippen molar-refractivity contribution in [2.24, 2.45) is 5.92 Å². The number of carbonyl (C=O) groups excluding carboxylic acids is 1. The lowest BCUT2D eigenvalue weighted by Gasteiger charge is -2.17. The van der Waals surface area contributed by atoms with Crippen LogP contribution in [0.25, 0.3) is 0 Å². The molecule has 0 saturated carbocycles. The average molecular weight is 270 g/mol. The molecule has 1 heterocycles. The minimum absolute atomic E-state index is 0.0978. The van der Waals surface area contributed by atoms with Crippen molar-refractivity contribution in [3.8, 4) is 11.5 Å². The van der Waals surface area contributed by atoms with Crippen LogP contribution in [0.5, 0.6) is 11.5 Å². The first kappa shape index (κ1) is 13.0. The zero-order valence-corrected chi connectivity index (χ0v) is 11.0. The van der Waals surface area contributed by atoms with Crippen LogP contribution in [0.15, 0.2) is 18.2 Å². The number of hydrogen-bond acceptors (Lipinski definition) is 3. The first-order chi connectivity index (χ1) is 8.67. The maximum absolute atomic E-state index is 12.3. The average Bonchev–Trinajstić information content (AvgIpc) is 2.87. The van der Waals surface area contributed by atoms with Crippen LogP contribution in [-0.4, -0.2) is 42.0 Å². The second kappa shape index (κ2) is 5.48. The zero-order chi connectivity index (χ0) is 13.1. The van der Waals surface area contributed by atoms with Crippen LogP contribution in [0.2, 0.25) is 0 Å². The quantitative estimate of drug-likeness (QED) is 0.855. The number of ether oxygens (including phenoxy) is 1. The summed E-state index contributed by atoms with van der Waals surface area (Å²) in [6, 6.07) is 4.92. The van der Waals surface area contributed by atoms with E-state index in [1.54, 1.807) is 23.1 Å². The Morgan fingerprint density at radius 2 is 2.39 bits per heavy atom. The van der Waals surface area contributed by atoms with Crippen LogP contribution in [0.3, 0.4) is 0 Å². The number of para-hydroxylation sites is 1. The fraction of sp³-hybridized carbons (Fsp3) is 0.462. The molecule has 0 aromatic heterocycles. The Morgan fingerprint density at radius 1 is 1.61 bits per heavy atom. The normalized spacial score (nSPS) is 19.0. The molecular weight excluding hydrogens is 254 g/mol. The van der Waals surface area contributed by atoms with Gasteiger partial charge in [-0.2, -0.15) is 0 Å². The topological polar surface area (TPSA) is 49.8 Å². The number of likely N-dealkylation sites (tertiary alicyclic amines) is 1. The molecule has 1 aliphatic rings. The number of amides is 1. The monoisotopic (exact) mass is 269 g/mol. The Hall–Kier alpha value is -1.42. The molecule has 1 atom stereocenters. The number of phenolic OH excluding ortho intramolecular Hbond substituents is 1. The van der Waals surface area contributed by atoms with E-state index in [1.165, 1.54) is 7.11 Å². The lowest BCUT2D eigenvalue weighted by Crippen LogP contribution is -2.29. The molecule has 1 aromatic rings. The molecule has 0 spiro atoms. The van der Waals surface area contributed by atoms with Gasteiger partial charge in [-0.05, 0) is 24.5 Å². The molecular formula is C13H16ClNO3. The molecule has 1 aliphatic heterocycles. The van der Waals surface area contributed by atoms with Gasteiger partial charge < -0.3 is 14.7 Å². The maximum atomic E-state index is 12.3. The van der Waals surface area contributed by atoms with Crippen molar-refractivity contribution >= 4 is 17.5 Å². The third kappa shape index (κ3) is 2.38. The summed E-state index contributed by atoms with van der Waals surface area (Å²) in [6.07, 6.45) is 0.917. The highest BCUT2D eigenvalue weighted by atomic mass is 35.5. The number of rotatable bonds is 3. The second-order valence-corrected chi connectivity index (χ2v) is 4.73. The van der Waals surface area contributed by atoms with E-state index >= 15 is 0 Å². The van der Waals surface area contributed by atoms with Crippen molar-refractivity contribution in [1.82, 2.24) is 4.90 Å². The number of benzene rings is 1. The van der Waals surface area contributed by atoms with Gasteiger partial charge in [-0.1, -0.05) is 6.07 Å². The van der Waals surface area contributed by atoms with Crippen LogP contribution in [-0.2, 0) is 0 Å². The molecule has 1 unspecified atom stereocenters. The van der Waals surface area contributed by atoms with Gasteiger partial charge in [0.1, 0.15) is 0 Å². The third-order valence-corrected chi connectivity index (χ3v) is 3.68. The van der Waals surface area contributed by atoms with Crippen molar-refractivity contribution in [1.29, 1.82) is 0 Å². The van der Waals surface area contributed by atoms with Crippen molar-refractivity contribution in [2.75, 3.05) is 26.1 Å². The molecule has 2 rings (SSSR count). The SMILES string of the molecule is COc1cccc(C(=O)N2CCC(CCl)C2)c1O. The van der Waals surface area contributed by atoms with Gasteiger partial charge in [0.2, 0.25) is 0 Å². The van der Waals surface area contributed by atoms with Crippen molar-refractivity contribution in [3.05, 3.63) is 23.8 Å². The van der Waals surface area contributed by atoms with Gasteiger partial charge in [0.25, 0.3) is 5.91 Å². The summed E-state index contributed by atoms with van der Waals surface area (Å²) >= 11 is 5.80. The summed E-state index contributed by atoms with van der Waals surface area (Å²) in [4.78, 5) is 14.0. The number of aromatic hydroxyl groups is 1. The van der Waals surface area contributed by atoms with E-state index in [-0.39, 0.29) is 17.2 Å². The maximum Gasteiger partial charge on any atom is 0.257 e. The van der Waals surface area contributed by atoms with Crippen LogP contribution in [0, 0.1) is 5.92 Å². The van der Waals surface area contributed by atoms with Gasteiger partial charge in [0.05, 0.1) is 12.7 Å². The van der Waals surface area contributed by atoms with Crippen molar-refractivity contribution in [3.63, 3.8) is 0 Å². The lowest BCUT2D eigenvalue weighted by molar-refractivity contribution is 0.0784. The number of hydrogen-bond donors (Lipinski definition) is 1.